The molecular weight excluding hydrogens is 1060 g/mol. The van der Waals surface area contributed by atoms with Crippen molar-refractivity contribution in [3.63, 3.8) is 0 Å². The van der Waals surface area contributed by atoms with E-state index >= 15 is 9.59 Å². The lowest BCUT2D eigenvalue weighted by Gasteiger charge is -2.43. The molecule has 0 aromatic heterocycles. The summed E-state index contributed by atoms with van der Waals surface area (Å²) in [7, 11) is 2.83. The largest absolute Gasteiger partial charge is 0.494 e. The molecule has 0 bridgehead atoms. The molecule has 7 atom stereocenters. The molecule has 14 N–H and O–H groups in total. The number of guanidine groups is 1. The quantitative estimate of drug-likeness (QED) is 0.0415. The van der Waals surface area contributed by atoms with Crippen molar-refractivity contribution in [2.24, 2.45) is 45.7 Å². The standard InChI is InChI=1S/C56H82N12O10S2/c1-4-78-38-24-22-35(23-25-38)29-40-49(72)64-41(28-34-14-6-5-7-15-34)51(74)67-47(33(2)3)53(76)65-42(30-45(57)69)50(73)66-43(32-79-80-56(31-46(70)62-40,36-16-8-9-17-36)37-18-10-11-19-37)54(77)68-27-13-21-44(68)52(75)63-39(48(58)71)20-12-26-61-55(59)60/h5-7,14-15,22-25,33,36-37,39-44,47H,4,8-13,16-21,26-32H2,1-3H3,(H2,57,69)(H2,58,71)(H,62,70)(H,63,75)(H,64,72)(H,65,76)(H,66,73)(H,67,74)(H4,59,60,61)/t39-,40+,41-,42-,43-,44-,47-/m0/s1. The SMILES string of the molecule is CCOc1ccc(C[C@H]2NC(=O)CC(C3CCCC3)(C3CCCC3)SSC[C@@H](C(=O)N3CCC[C@H]3C(=O)N[C@@H](CCCN=C(N)N)C(N)=O)NC(=O)[C@H](CC(N)=O)NC(=O)[C@H](C(C)C)NC(=O)[C@H](Cc3ccccc3)NC2=O)cc1. The summed E-state index contributed by atoms with van der Waals surface area (Å²) in [5.41, 5.74) is 23.7. The molecule has 438 valence electrons. The molecule has 2 saturated carbocycles. The first kappa shape index (κ1) is 62.6. The van der Waals surface area contributed by atoms with Crippen LogP contribution in [0.4, 0.5) is 0 Å². The van der Waals surface area contributed by atoms with Crippen molar-refractivity contribution in [2.75, 3.05) is 25.4 Å². The van der Waals surface area contributed by atoms with Gasteiger partial charge in [0.15, 0.2) is 5.96 Å². The normalized spacial score (nSPS) is 24.4. The molecule has 0 unspecified atom stereocenters. The monoisotopic (exact) mass is 1150 g/mol. The van der Waals surface area contributed by atoms with Crippen molar-refractivity contribution in [1.29, 1.82) is 0 Å². The fourth-order valence-corrected chi connectivity index (χ4v) is 15.3. The Balaban J connectivity index is 1.41. The van der Waals surface area contributed by atoms with Crippen molar-refractivity contribution in [3.05, 3.63) is 65.7 Å². The molecule has 0 radical (unpaired) electrons. The average Bonchev–Trinajstić information content (AvgIpc) is 4.27. The van der Waals surface area contributed by atoms with Crippen LogP contribution in [0, 0.1) is 17.8 Å². The predicted octanol–water partition coefficient (Wildman–Crippen LogP) is 1.74. The van der Waals surface area contributed by atoms with Crippen LogP contribution < -0.4 is 59.6 Å². The molecule has 4 aliphatic rings. The highest BCUT2D eigenvalue weighted by atomic mass is 33.1. The number of carbonyl (C=O) groups excluding carboxylic acids is 9. The van der Waals surface area contributed by atoms with Gasteiger partial charge in [0.1, 0.15) is 48.0 Å². The van der Waals surface area contributed by atoms with Crippen LogP contribution in [-0.2, 0) is 56.0 Å². The number of hydrogen-bond acceptors (Lipinski definition) is 13. The minimum atomic E-state index is -1.63. The second-order valence-corrected chi connectivity index (χ2v) is 24.4. The molecule has 2 aliphatic carbocycles. The number of benzene rings is 2. The van der Waals surface area contributed by atoms with Gasteiger partial charge in [-0.05, 0) is 99.3 Å². The molecular formula is C56H82N12O10S2. The first-order valence-electron chi connectivity index (χ1n) is 28.1. The van der Waals surface area contributed by atoms with Gasteiger partial charge in [-0.1, -0.05) is 104 Å². The van der Waals surface area contributed by atoms with Gasteiger partial charge in [0, 0.05) is 42.9 Å². The number of hydrogen-bond donors (Lipinski definition) is 10. The van der Waals surface area contributed by atoms with Crippen LogP contribution in [0.2, 0.25) is 0 Å². The van der Waals surface area contributed by atoms with Crippen molar-refractivity contribution in [1.82, 2.24) is 36.8 Å². The third-order valence-electron chi connectivity index (χ3n) is 15.6. The first-order valence-corrected chi connectivity index (χ1v) is 30.4. The van der Waals surface area contributed by atoms with Gasteiger partial charge >= 0.3 is 0 Å². The Morgan fingerprint density at radius 1 is 0.738 bits per heavy atom. The van der Waals surface area contributed by atoms with Gasteiger partial charge in [-0.3, -0.25) is 48.1 Å². The molecule has 2 saturated heterocycles. The predicted molar refractivity (Wildman–Crippen MR) is 307 cm³/mol. The van der Waals surface area contributed by atoms with Crippen LogP contribution in [0.15, 0.2) is 59.6 Å². The highest BCUT2D eigenvalue weighted by Crippen LogP contribution is 2.57. The number of amides is 9. The van der Waals surface area contributed by atoms with E-state index < -0.39 is 107 Å². The highest BCUT2D eigenvalue weighted by molar-refractivity contribution is 8.77. The van der Waals surface area contributed by atoms with E-state index in [-0.39, 0.29) is 74.6 Å². The number of likely N-dealkylation sites (tertiary alicyclic amines) is 1. The van der Waals surface area contributed by atoms with Gasteiger partial charge < -0.3 is 64.5 Å². The topological polar surface area (TPSA) is 355 Å². The number of carbonyl (C=O) groups is 9. The first-order chi connectivity index (χ1) is 38.3. The smallest absolute Gasteiger partial charge is 0.246 e. The Hall–Kier alpha value is -6.56. The third-order valence-corrected chi connectivity index (χ3v) is 19.0. The zero-order valence-corrected chi connectivity index (χ0v) is 47.8. The van der Waals surface area contributed by atoms with Gasteiger partial charge in [-0.15, -0.1) is 0 Å². The summed E-state index contributed by atoms with van der Waals surface area (Å²) in [5.74, 6) is -6.55. The molecule has 2 heterocycles. The number of rotatable bonds is 19. The molecule has 2 aromatic rings. The fourth-order valence-electron chi connectivity index (χ4n) is 11.5. The van der Waals surface area contributed by atoms with E-state index in [1.54, 1.807) is 50.2 Å². The van der Waals surface area contributed by atoms with Gasteiger partial charge in [0.25, 0.3) is 0 Å². The van der Waals surface area contributed by atoms with E-state index in [4.69, 9.17) is 27.7 Å². The van der Waals surface area contributed by atoms with Crippen LogP contribution in [-0.4, -0.2) is 137 Å². The van der Waals surface area contributed by atoms with Gasteiger partial charge in [-0.2, -0.15) is 0 Å². The average molecular weight is 1150 g/mol. The van der Waals surface area contributed by atoms with E-state index in [2.05, 4.69) is 36.9 Å². The Bertz CT molecular complexity index is 2490. The Kier molecular flexibility index (Phi) is 23.7. The maximum absolute atomic E-state index is 15.1. The Labute approximate surface area is 476 Å². The number of nitrogens with zero attached hydrogens (tertiary/aromatic N) is 2. The van der Waals surface area contributed by atoms with Gasteiger partial charge in [-0.25, -0.2) is 0 Å². The zero-order chi connectivity index (χ0) is 57.9. The van der Waals surface area contributed by atoms with Crippen LogP contribution in [0.5, 0.6) is 5.75 Å². The lowest BCUT2D eigenvalue weighted by molar-refractivity contribution is -0.142. The summed E-state index contributed by atoms with van der Waals surface area (Å²) >= 11 is 0. The number of primary amides is 2. The molecule has 9 amide bonds. The van der Waals surface area contributed by atoms with Crippen LogP contribution in [0.25, 0.3) is 0 Å². The van der Waals surface area contributed by atoms with Crippen molar-refractivity contribution in [3.8, 4) is 5.75 Å². The summed E-state index contributed by atoms with van der Waals surface area (Å²) in [6.07, 6.45) is 7.67. The van der Waals surface area contributed by atoms with Crippen LogP contribution in [0.1, 0.15) is 122 Å². The summed E-state index contributed by atoms with van der Waals surface area (Å²) in [6, 6.07) is 7.32. The minimum Gasteiger partial charge on any atom is -0.494 e. The van der Waals surface area contributed by atoms with Crippen molar-refractivity contribution < 1.29 is 47.9 Å². The molecule has 6 rings (SSSR count). The highest BCUT2D eigenvalue weighted by Gasteiger charge is 2.50. The summed E-state index contributed by atoms with van der Waals surface area (Å²) < 4.78 is 4.99. The molecule has 2 aliphatic heterocycles. The second-order valence-electron chi connectivity index (χ2n) is 21.7. The number of nitrogens with two attached hydrogens (primary N) is 4. The van der Waals surface area contributed by atoms with Crippen molar-refractivity contribution >= 4 is 80.7 Å². The van der Waals surface area contributed by atoms with E-state index in [1.165, 1.54) is 26.5 Å². The van der Waals surface area contributed by atoms with E-state index in [1.807, 2.05) is 25.1 Å². The Morgan fingerprint density at radius 2 is 1.32 bits per heavy atom. The molecule has 80 heavy (non-hydrogen) atoms. The van der Waals surface area contributed by atoms with E-state index in [9.17, 15) is 33.6 Å². The number of ether oxygens (including phenoxy) is 1. The maximum Gasteiger partial charge on any atom is 0.246 e. The summed E-state index contributed by atoms with van der Waals surface area (Å²) in [5, 5.41) is 17.0. The molecule has 22 nitrogen and oxygen atoms in total. The molecule has 24 heteroatoms. The van der Waals surface area contributed by atoms with Crippen LogP contribution >= 0.6 is 21.6 Å². The van der Waals surface area contributed by atoms with E-state index in [0.29, 0.717) is 30.8 Å². The molecule has 2 aromatic carbocycles. The van der Waals surface area contributed by atoms with Crippen LogP contribution in [0.3, 0.4) is 0 Å². The Morgan fingerprint density at radius 3 is 1.91 bits per heavy atom. The fraction of sp³-hybridized carbons (Fsp3) is 0.607. The zero-order valence-electron chi connectivity index (χ0n) is 46.2. The molecule has 4 fully saturated rings. The molecule has 0 spiro atoms. The number of aliphatic imine (C=N–C) groups is 1. The minimum absolute atomic E-state index is 0.00296. The van der Waals surface area contributed by atoms with E-state index in [0.717, 1.165) is 56.9 Å². The summed E-state index contributed by atoms with van der Waals surface area (Å²) in [6.45, 7) is 5.97. The second kappa shape index (κ2) is 30.3. The van der Waals surface area contributed by atoms with Crippen molar-refractivity contribution in [2.45, 2.75) is 171 Å². The lowest BCUT2D eigenvalue weighted by Crippen LogP contribution is -2.61. The lowest BCUT2D eigenvalue weighted by atomic mass is 9.76. The maximum atomic E-state index is 15.1. The number of nitrogens with one attached hydrogen (secondary N) is 6. The third kappa shape index (κ3) is 17.7. The summed E-state index contributed by atoms with van der Waals surface area (Å²) in [4.78, 5) is 133. The van der Waals surface area contributed by atoms with Gasteiger partial charge in [0.05, 0.1) is 13.0 Å². The van der Waals surface area contributed by atoms with Gasteiger partial charge in [0.2, 0.25) is 53.2 Å².